The molecule has 0 aliphatic carbocycles. The summed E-state index contributed by atoms with van der Waals surface area (Å²) >= 11 is 0. The van der Waals surface area contributed by atoms with Gasteiger partial charge in [0.1, 0.15) is 23.9 Å². The Hall–Kier alpha value is -3.37. The molecule has 0 radical (unpaired) electrons. The number of aromatic nitrogens is 2. The van der Waals surface area contributed by atoms with E-state index in [0.29, 0.717) is 11.5 Å². The molecule has 10 heteroatoms. The Bertz CT molecular complexity index is 1240. The Morgan fingerprint density at radius 1 is 1.03 bits per heavy atom. The Morgan fingerprint density at radius 2 is 1.71 bits per heavy atom. The second kappa shape index (κ2) is 10.3. The predicted molar refractivity (Wildman–Crippen MR) is 128 cm³/mol. The molecule has 3 rings (SSSR count). The van der Waals surface area contributed by atoms with Crippen molar-refractivity contribution < 1.29 is 27.7 Å². The maximum atomic E-state index is 13.2. The zero-order valence-electron chi connectivity index (χ0n) is 19.8. The number of aryl methyl sites for hydroxylation is 1. The number of hydrogen-bond acceptors (Lipinski definition) is 8. The zero-order valence-corrected chi connectivity index (χ0v) is 20.6. The average Bonchev–Trinajstić information content (AvgIpc) is 2.79. The smallest absolute Gasteiger partial charge is 0.263 e. The first-order valence-corrected chi connectivity index (χ1v) is 12.1. The molecule has 2 N–H and O–H groups in total. The van der Waals surface area contributed by atoms with E-state index in [-0.39, 0.29) is 46.8 Å². The van der Waals surface area contributed by atoms with Crippen molar-refractivity contribution in [1.29, 1.82) is 0 Å². The summed E-state index contributed by atoms with van der Waals surface area (Å²) in [6.45, 7) is 7.42. The van der Waals surface area contributed by atoms with E-state index in [1.807, 2.05) is 0 Å². The average molecular weight is 488 g/mol. The highest BCUT2D eigenvalue weighted by molar-refractivity contribution is 7.92. The quantitative estimate of drug-likeness (QED) is 0.464. The van der Waals surface area contributed by atoms with Crippen molar-refractivity contribution in [2.45, 2.75) is 38.0 Å². The monoisotopic (exact) mass is 487 g/mol. The van der Waals surface area contributed by atoms with Gasteiger partial charge >= 0.3 is 0 Å². The molecule has 0 saturated heterocycles. The van der Waals surface area contributed by atoms with Gasteiger partial charge in [0.05, 0.1) is 18.6 Å². The largest absolute Gasteiger partial charge is 0.497 e. The van der Waals surface area contributed by atoms with Gasteiger partial charge in [0, 0.05) is 6.07 Å². The van der Waals surface area contributed by atoms with Gasteiger partial charge in [0.2, 0.25) is 5.75 Å². The maximum Gasteiger partial charge on any atom is 0.263 e. The summed E-state index contributed by atoms with van der Waals surface area (Å²) in [5.41, 5.74) is 0.891. The molecular formula is C24H29N3O6S. The predicted octanol–water partition coefficient (Wildman–Crippen LogP) is 4.06. The lowest BCUT2D eigenvalue weighted by molar-refractivity contribution is 0.192. The molecule has 1 aromatic heterocycles. The van der Waals surface area contributed by atoms with E-state index in [0.717, 1.165) is 5.56 Å². The van der Waals surface area contributed by atoms with Gasteiger partial charge in [0.25, 0.3) is 15.9 Å². The van der Waals surface area contributed by atoms with Crippen LogP contribution in [0.25, 0.3) is 0 Å². The van der Waals surface area contributed by atoms with Crippen molar-refractivity contribution in [1.82, 2.24) is 9.97 Å². The van der Waals surface area contributed by atoms with Crippen molar-refractivity contribution in [3.05, 3.63) is 59.9 Å². The van der Waals surface area contributed by atoms with Crippen molar-refractivity contribution in [3.63, 3.8) is 0 Å². The minimum absolute atomic E-state index is 0.00912. The molecule has 1 heterocycles. The summed E-state index contributed by atoms with van der Waals surface area (Å²) in [5.74, 6) is 1.02. The number of nitrogens with zero attached hydrogens (tertiary/aromatic N) is 2. The lowest BCUT2D eigenvalue weighted by Gasteiger charge is -2.19. The van der Waals surface area contributed by atoms with Gasteiger partial charge in [-0.15, -0.1) is 0 Å². The molecule has 0 aliphatic heterocycles. The molecule has 182 valence electrons. The van der Waals surface area contributed by atoms with Crippen LogP contribution in [0.3, 0.4) is 0 Å². The SMILES string of the molecule is COc1cccc(Oc2c(NS(=O)(=O)c3ccc(C(C)(C)C)cc3)nc(C)nc2OCCO)c1. The van der Waals surface area contributed by atoms with Crippen LogP contribution in [-0.2, 0) is 15.4 Å². The van der Waals surface area contributed by atoms with Crippen LogP contribution in [0.5, 0.6) is 23.1 Å². The molecule has 0 unspecified atom stereocenters. The van der Waals surface area contributed by atoms with Crippen LogP contribution in [-0.4, -0.2) is 43.8 Å². The van der Waals surface area contributed by atoms with Crippen molar-refractivity contribution >= 4 is 15.8 Å². The number of sulfonamides is 1. The van der Waals surface area contributed by atoms with Crippen LogP contribution < -0.4 is 18.9 Å². The van der Waals surface area contributed by atoms with Crippen LogP contribution in [0, 0.1) is 6.92 Å². The number of aliphatic hydroxyl groups excluding tert-OH is 1. The minimum atomic E-state index is -4.01. The summed E-state index contributed by atoms with van der Waals surface area (Å²) in [6.07, 6.45) is 0. The Labute approximate surface area is 199 Å². The maximum absolute atomic E-state index is 13.2. The number of nitrogens with one attached hydrogen (secondary N) is 1. The van der Waals surface area contributed by atoms with Gasteiger partial charge < -0.3 is 19.3 Å². The molecule has 34 heavy (non-hydrogen) atoms. The zero-order chi connectivity index (χ0) is 24.9. The lowest BCUT2D eigenvalue weighted by atomic mass is 9.87. The van der Waals surface area contributed by atoms with Crippen LogP contribution in [0.1, 0.15) is 32.2 Å². The first kappa shape index (κ1) is 25.3. The number of methoxy groups -OCH3 is 1. The van der Waals surface area contributed by atoms with Gasteiger partial charge in [-0.2, -0.15) is 4.98 Å². The fourth-order valence-corrected chi connectivity index (χ4v) is 4.05. The number of aliphatic hydroxyl groups is 1. The third-order valence-corrected chi connectivity index (χ3v) is 6.15. The molecule has 0 atom stereocenters. The molecule has 0 bridgehead atoms. The highest BCUT2D eigenvalue weighted by Gasteiger charge is 2.24. The standard InChI is InChI=1S/C24H29N3O6S/c1-16-25-22(27-34(29,30)20-11-9-17(10-12-20)24(2,3)4)21(23(26-16)32-14-13-28)33-19-8-6-7-18(15-19)31-5/h6-12,15,28H,13-14H2,1-5H3,(H,25,26,27). The topological polar surface area (TPSA) is 120 Å². The first-order valence-electron chi connectivity index (χ1n) is 10.6. The van der Waals surface area contributed by atoms with E-state index in [2.05, 4.69) is 35.5 Å². The van der Waals surface area contributed by atoms with E-state index < -0.39 is 10.0 Å². The number of hydrogen-bond donors (Lipinski definition) is 2. The Kier molecular flexibility index (Phi) is 7.63. The first-order chi connectivity index (χ1) is 16.0. The van der Waals surface area contributed by atoms with Crippen LogP contribution >= 0.6 is 0 Å². The normalized spacial score (nSPS) is 11.7. The number of benzene rings is 2. The summed E-state index contributed by atoms with van der Waals surface area (Å²) < 4.78 is 45.5. The fraction of sp³-hybridized carbons (Fsp3) is 0.333. The Morgan fingerprint density at radius 3 is 2.32 bits per heavy atom. The molecule has 0 fully saturated rings. The Balaban J connectivity index is 2.02. The second-order valence-electron chi connectivity index (χ2n) is 8.49. The van der Waals surface area contributed by atoms with E-state index in [1.165, 1.54) is 7.11 Å². The second-order valence-corrected chi connectivity index (χ2v) is 10.2. The number of anilines is 1. The van der Waals surface area contributed by atoms with E-state index >= 15 is 0 Å². The summed E-state index contributed by atoms with van der Waals surface area (Å²) in [5, 5.41) is 9.19. The minimum Gasteiger partial charge on any atom is -0.497 e. The van der Waals surface area contributed by atoms with Crippen molar-refractivity contribution in [2.24, 2.45) is 0 Å². The van der Waals surface area contributed by atoms with Gasteiger partial charge in [-0.05, 0) is 42.2 Å². The third kappa shape index (κ3) is 6.15. The lowest BCUT2D eigenvalue weighted by Crippen LogP contribution is -2.17. The molecule has 0 spiro atoms. The number of rotatable bonds is 9. The van der Waals surface area contributed by atoms with E-state index in [4.69, 9.17) is 14.2 Å². The highest BCUT2D eigenvalue weighted by Crippen LogP contribution is 2.38. The van der Waals surface area contributed by atoms with Crippen LogP contribution in [0.15, 0.2) is 53.4 Å². The van der Waals surface area contributed by atoms with Crippen molar-refractivity contribution in [3.8, 4) is 23.1 Å². The molecule has 2 aromatic carbocycles. The molecule has 0 amide bonds. The molecular weight excluding hydrogens is 458 g/mol. The van der Waals surface area contributed by atoms with Gasteiger partial charge in [-0.3, -0.25) is 4.72 Å². The molecule has 0 aliphatic rings. The summed E-state index contributed by atoms with van der Waals surface area (Å²) in [4.78, 5) is 8.54. The highest BCUT2D eigenvalue weighted by atomic mass is 32.2. The fourth-order valence-electron chi connectivity index (χ4n) is 3.04. The van der Waals surface area contributed by atoms with E-state index in [9.17, 15) is 13.5 Å². The summed E-state index contributed by atoms with van der Waals surface area (Å²) in [7, 11) is -2.48. The molecule has 3 aromatic rings. The summed E-state index contributed by atoms with van der Waals surface area (Å²) in [6, 6.07) is 13.4. The van der Waals surface area contributed by atoms with E-state index in [1.54, 1.807) is 55.5 Å². The van der Waals surface area contributed by atoms with Crippen LogP contribution in [0.2, 0.25) is 0 Å². The molecule has 0 saturated carbocycles. The number of ether oxygens (including phenoxy) is 3. The van der Waals surface area contributed by atoms with Gasteiger partial charge in [0.15, 0.2) is 5.82 Å². The van der Waals surface area contributed by atoms with Crippen molar-refractivity contribution in [2.75, 3.05) is 25.0 Å². The van der Waals surface area contributed by atoms with Gasteiger partial charge in [-0.25, -0.2) is 13.4 Å². The van der Waals surface area contributed by atoms with Gasteiger partial charge in [-0.1, -0.05) is 39.0 Å². The molecule has 9 nitrogen and oxygen atoms in total. The third-order valence-electron chi connectivity index (χ3n) is 4.80. The van der Waals surface area contributed by atoms with Crippen LogP contribution in [0.4, 0.5) is 5.82 Å².